The molecule has 0 saturated heterocycles. The van der Waals surface area contributed by atoms with Crippen LogP contribution in [0.4, 0.5) is 5.69 Å². The Balaban J connectivity index is 1.76. The summed E-state index contributed by atoms with van der Waals surface area (Å²) in [5.74, 6) is -0.555. The van der Waals surface area contributed by atoms with Gasteiger partial charge in [-0.25, -0.2) is 5.43 Å². The van der Waals surface area contributed by atoms with Gasteiger partial charge in [0.05, 0.1) is 6.42 Å². The van der Waals surface area contributed by atoms with Gasteiger partial charge in [-0.1, -0.05) is 18.2 Å². The van der Waals surface area contributed by atoms with E-state index in [0.717, 1.165) is 28.5 Å². The second-order valence-corrected chi connectivity index (χ2v) is 6.53. The SMILES string of the molecule is CCn1c2ccccc2c2cc(NC(=O)C/C(C)=N/NC(=O)COC)ccc21. The maximum absolute atomic E-state index is 12.3. The molecule has 7 nitrogen and oxygen atoms in total. The van der Waals surface area contributed by atoms with Crippen molar-refractivity contribution in [1.29, 1.82) is 0 Å². The zero-order valence-corrected chi connectivity index (χ0v) is 16.3. The number of amides is 2. The molecule has 0 fully saturated rings. The van der Waals surface area contributed by atoms with Crippen LogP contribution >= 0.6 is 0 Å². The van der Waals surface area contributed by atoms with Crippen LogP contribution in [0.3, 0.4) is 0 Å². The van der Waals surface area contributed by atoms with Gasteiger partial charge in [0, 0.05) is 46.9 Å². The van der Waals surface area contributed by atoms with Gasteiger partial charge in [0.25, 0.3) is 5.91 Å². The predicted octanol–water partition coefficient (Wildman–Crippen LogP) is 3.28. The van der Waals surface area contributed by atoms with Gasteiger partial charge in [0.15, 0.2) is 0 Å². The summed E-state index contributed by atoms with van der Waals surface area (Å²) in [6.45, 7) is 4.61. The van der Waals surface area contributed by atoms with E-state index in [1.807, 2.05) is 30.3 Å². The minimum Gasteiger partial charge on any atom is -0.375 e. The molecule has 0 aliphatic heterocycles. The van der Waals surface area contributed by atoms with Crippen LogP contribution < -0.4 is 10.7 Å². The lowest BCUT2D eigenvalue weighted by molar-refractivity contribution is -0.124. The Kier molecular flexibility index (Phi) is 6.06. The number of carbonyl (C=O) groups excluding carboxylic acids is 2. The van der Waals surface area contributed by atoms with Crippen molar-refractivity contribution < 1.29 is 14.3 Å². The summed E-state index contributed by atoms with van der Waals surface area (Å²) in [4.78, 5) is 23.7. The lowest BCUT2D eigenvalue weighted by Crippen LogP contribution is -2.24. The number of methoxy groups -OCH3 is 1. The van der Waals surface area contributed by atoms with Crippen molar-refractivity contribution in [2.75, 3.05) is 19.0 Å². The number of nitrogens with one attached hydrogen (secondary N) is 2. The maximum atomic E-state index is 12.3. The van der Waals surface area contributed by atoms with E-state index in [-0.39, 0.29) is 24.8 Å². The number of benzene rings is 2. The highest BCUT2D eigenvalue weighted by atomic mass is 16.5. The first-order chi connectivity index (χ1) is 13.5. The molecule has 3 aromatic rings. The molecular formula is C21H24N4O3. The summed E-state index contributed by atoms with van der Waals surface area (Å²) in [7, 11) is 1.43. The van der Waals surface area contributed by atoms with Gasteiger partial charge in [0.1, 0.15) is 6.61 Å². The molecule has 2 aromatic carbocycles. The Labute approximate surface area is 163 Å². The monoisotopic (exact) mass is 380 g/mol. The summed E-state index contributed by atoms with van der Waals surface area (Å²) < 4.78 is 6.97. The molecule has 3 rings (SSSR count). The molecule has 0 spiro atoms. The average molecular weight is 380 g/mol. The number of aromatic nitrogens is 1. The number of aryl methyl sites for hydroxylation is 1. The first-order valence-electron chi connectivity index (χ1n) is 9.15. The largest absolute Gasteiger partial charge is 0.375 e. The molecule has 28 heavy (non-hydrogen) atoms. The molecular weight excluding hydrogens is 356 g/mol. The number of ether oxygens (including phenoxy) is 1. The smallest absolute Gasteiger partial charge is 0.266 e. The minimum atomic E-state index is -0.361. The number of hydrogen-bond acceptors (Lipinski definition) is 4. The number of anilines is 1. The van der Waals surface area contributed by atoms with Crippen LogP contribution in [0.25, 0.3) is 21.8 Å². The molecule has 0 unspecified atom stereocenters. The Morgan fingerprint density at radius 1 is 1.07 bits per heavy atom. The van der Waals surface area contributed by atoms with E-state index in [9.17, 15) is 9.59 Å². The quantitative estimate of drug-likeness (QED) is 0.487. The van der Waals surface area contributed by atoms with E-state index in [1.54, 1.807) is 6.92 Å². The fourth-order valence-electron chi connectivity index (χ4n) is 3.27. The van der Waals surface area contributed by atoms with E-state index in [1.165, 1.54) is 12.6 Å². The molecule has 0 bridgehead atoms. The van der Waals surface area contributed by atoms with Crippen molar-refractivity contribution in [2.45, 2.75) is 26.8 Å². The fraction of sp³-hybridized carbons (Fsp3) is 0.286. The van der Waals surface area contributed by atoms with Gasteiger partial charge >= 0.3 is 0 Å². The van der Waals surface area contributed by atoms with Gasteiger partial charge in [-0.05, 0) is 38.1 Å². The molecule has 0 aliphatic rings. The number of fused-ring (bicyclic) bond motifs is 3. The Hall–Kier alpha value is -3.19. The number of hydrogen-bond donors (Lipinski definition) is 2. The van der Waals surface area contributed by atoms with Crippen LogP contribution in [-0.4, -0.2) is 35.8 Å². The Morgan fingerprint density at radius 2 is 1.82 bits per heavy atom. The van der Waals surface area contributed by atoms with Crippen molar-refractivity contribution in [3.05, 3.63) is 42.5 Å². The lowest BCUT2D eigenvalue weighted by atomic mass is 10.1. The third kappa shape index (κ3) is 4.20. The normalized spacial score (nSPS) is 11.8. The van der Waals surface area contributed by atoms with Gasteiger partial charge in [-0.2, -0.15) is 5.10 Å². The van der Waals surface area contributed by atoms with Crippen molar-refractivity contribution in [1.82, 2.24) is 9.99 Å². The predicted molar refractivity (Wildman–Crippen MR) is 111 cm³/mol. The van der Waals surface area contributed by atoms with Crippen LogP contribution in [0.5, 0.6) is 0 Å². The number of hydrazone groups is 1. The molecule has 0 aliphatic carbocycles. The molecule has 0 atom stereocenters. The standard InChI is InChI=1S/C21H24N4O3/c1-4-25-18-8-6-5-7-16(18)17-12-15(9-10-19(17)25)22-20(26)11-14(2)23-24-21(27)13-28-3/h5-10,12H,4,11,13H2,1-3H3,(H,22,26)(H,24,27)/b23-14+. The van der Waals surface area contributed by atoms with E-state index in [0.29, 0.717) is 5.71 Å². The van der Waals surface area contributed by atoms with Crippen molar-refractivity contribution in [3.63, 3.8) is 0 Å². The van der Waals surface area contributed by atoms with Crippen LogP contribution in [0.2, 0.25) is 0 Å². The average Bonchev–Trinajstić information content (AvgIpc) is 2.99. The summed E-state index contributed by atoms with van der Waals surface area (Å²) in [6, 6.07) is 14.2. The van der Waals surface area contributed by atoms with Crippen molar-refractivity contribution in [3.8, 4) is 0 Å². The zero-order valence-electron chi connectivity index (χ0n) is 16.3. The third-order valence-corrected chi connectivity index (χ3v) is 4.44. The molecule has 7 heteroatoms. The van der Waals surface area contributed by atoms with E-state index in [4.69, 9.17) is 4.74 Å². The molecule has 0 saturated carbocycles. The van der Waals surface area contributed by atoms with Crippen LogP contribution in [0.15, 0.2) is 47.6 Å². The number of nitrogens with zero attached hydrogens (tertiary/aromatic N) is 2. The fourth-order valence-corrected chi connectivity index (χ4v) is 3.27. The van der Waals surface area contributed by atoms with Crippen LogP contribution in [0.1, 0.15) is 20.3 Å². The molecule has 1 aromatic heterocycles. The highest BCUT2D eigenvalue weighted by Crippen LogP contribution is 2.30. The van der Waals surface area contributed by atoms with Crippen LogP contribution in [-0.2, 0) is 20.9 Å². The van der Waals surface area contributed by atoms with E-state index >= 15 is 0 Å². The van der Waals surface area contributed by atoms with Gasteiger partial charge < -0.3 is 14.6 Å². The molecule has 2 amide bonds. The summed E-state index contributed by atoms with van der Waals surface area (Å²) in [5, 5.41) is 9.07. The van der Waals surface area contributed by atoms with Crippen molar-refractivity contribution >= 4 is 45.0 Å². The first kappa shape index (κ1) is 19.6. The molecule has 1 heterocycles. The molecule has 0 radical (unpaired) electrons. The number of carbonyl (C=O) groups is 2. The number of rotatable bonds is 7. The first-order valence-corrected chi connectivity index (χ1v) is 9.15. The molecule has 2 N–H and O–H groups in total. The van der Waals surface area contributed by atoms with Crippen molar-refractivity contribution in [2.24, 2.45) is 5.10 Å². The second kappa shape index (κ2) is 8.67. The Morgan fingerprint density at radius 3 is 2.57 bits per heavy atom. The van der Waals surface area contributed by atoms with Gasteiger partial charge in [-0.15, -0.1) is 0 Å². The van der Waals surface area contributed by atoms with E-state index in [2.05, 4.69) is 39.5 Å². The summed E-state index contributed by atoms with van der Waals surface area (Å²) in [5.41, 5.74) is 5.90. The summed E-state index contributed by atoms with van der Waals surface area (Å²) >= 11 is 0. The van der Waals surface area contributed by atoms with E-state index < -0.39 is 0 Å². The Bertz CT molecular complexity index is 1050. The zero-order chi connectivity index (χ0) is 20.1. The molecule has 146 valence electrons. The highest BCUT2D eigenvalue weighted by Gasteiger charge is 2.11. The van der Waals surface area contributed by atoms with Gasteiger partial charge in [-0.3, -0.25) is 9.59 Å². The lowest BCUT2D eigenvalue weighted by Gasteiger charge is -2.07. The maximum Gasteiger partial charge on any atom is 0.266 e. The van der Waals surface area contributed by atoms with Gasteiger partial charge in [0.2, 0.25) is 5.91 Å². The summed E-state index contributed by atoms with van der Waals surface area (Å²) in [6.07, 6.45) is 0.0853. The minimum absolute atomic E-state index is 0.0750. The number of para-hydroxylation sites is 1. The second-order valence-electron chi connectivity index (χ2n) is 6.53. The third-order valence-electron chi connectivity index (χ3n) is 4.44. The highest BCUT2D eigenvalue weighted by molar-refractivity contribution is 6.11. The topological polar surface area (TPSA) is 84.7 Å². The van der Waals surface area contributed by atoms with Crippen LogP contribution in [0, 0.1) is 0 Å².